The molecule has 3 aromatic carbocycles. The lowest BCUT2D eigenvalue weighted by Crippen LogP contribution is -2.27. The molecule has 1 atom stereocenters. The number of hydrogen-bond donors (Lipinski definition) is 1. The molecule has 0 bridgehead atoms. The molecule has 3 aromatic rings. The molecule has 0 unspecified atom stereocenters. The minimum absolute atomic E-state index is 0.122. The Morgan fingerprint density at radius 3 is 2.15 bits per heavy atom. The van der Waals surface area contributed by atoms with Crippen molar-refractivity contribution >= 4 is 17.6 Å². The van der Waals surface area contributed by atoms with Gasteiger partial charge in [0, 0.05) is 11.1 Å². The molecule has 0 aliphatic carbocycles. The van der Waals surface area contributed by atoms with Crippen LogP contribution in [0.25, 0.3) is 11.6 Å². The van der Waals surface area contributed by atoms with E-state index < -0.39 is 0 Å². The second-order valence-electron chi connectivity index (χ2n) is 6.27. The lowest BCUT2D eigenvalue weighted by molar-refractivity contribution is -0.116. The largest absolute Gasteiger partial charge is 0.496 e. The third-order valence-electron chi connectivity index (χ3n) is 4.39. The molecule has 1 N–H and O–H groups in total. The van der Waals surface area contributed by atoms with E-state index in [0.717, 1.165) is 22.4 Å². The molecule has 0 heterocycles. The molecule has 0 fully saturated rings. The van der Waals surface area contributed by atoms with Crippen LogP contribution in [0.3, 0.4) is 0 Å². The minimum Gasteiger partial charge on any atom is -0.496 e. The fraction of sp³-hybridized carbons (Fsp3) is 0.125. The highest BCUT2D eigenvalue weighted by Gasteiger charge is 2.17. The molecule has 3 rings (SSSR count). The third-order valence-corrected chi connectivity index (χ3v) is 4.39. The summed E-state index contributed by atoms with van der Waals surface area (Å²) in [4.78, 5) is 13.1. The number of methoxy groups -OCH3 is 1. The van der Waals surface area contributed by atoms with Gasteiger partial charge in [-0.05, 0) is 30.2 Å². The number of ether oxygens (including phenoxy) is 1. The van der Waals surface area contributed by atoms with Gasteiger partial charge in [0.05, 0.1) is 13.2 Å². The molecule has 136 valence electrons. The van der Waals surface area contributed by atoms with Crippen molar-refractivity contribution in [3.63, 3.8) is 0 Å². The molecule has 0 aliphatic heterocycles. The van der Waals surface area contributed by atoms with Crippen molar-refractivity contribution < 1.29 is 9.53 Å². The maximum atomic E-state index is 13.1. The molecular formula is C24H23NO2. The monoisotopic (exact) mass is 357 g/mol. The Morgan fingerprint density at radius 2 is 1.48 bits per heavy atom. The Morgan fingerprint density at radius 1 is 0.889 bits per heavy atom. The van der Waals surface area contributed by atoms with Gasteiger partial charge >= 0.3 is 0 Å². The van der Waals surface area contributed by atoms with Crippen LogP contribution in [0.5, 0.6) is 5.75 Å². The summed E-state index contributed by atoms with van der Waals surface area (Å²) in [6, 6.07) is 27.1. The standard InChI is InChI=1S/C24H23NO2/c1-18(21-15-9-10-16-23(21)27-2)25-24(26)22(20-13-7-4-8-14-20)17-19-11-5-3-6-12-19/h3-18H,1-2H3,(H,25,26)/b22-17+/t18-/m0/s1. The number of para-hydroxylation sites is 1. The summed E-state index contributed by atoms with van der Waals surface area (Å²) in [5.74, 6) is 0.641. The summed E-state index contributed by atoms with van der Waals surface area (Å²) in [5.41, 5.74) is 3.44. The quantitative estimate of drug-likeness (QED) is 0.491. The number of carbonyl (C=O) groups is 1. The summed E-state index contributed by atoms with van der Waals surface area (Å²) < 4.78 is 5.42. The topological polar surface area (TPSA) is 38.3 Å². The van der Waals surface area contributed by atoms with Gasteiger partial charge in [-0.2, -0.15) is 0 Å². The summed E-state index contributed by atoms with van der Waals surface area (Å²) in [6.07, 6.45) is 1.92. The van der Waals surface area contributed by atoms with Gasteiger partial charge in [-0.3, -0.25) is 4.79 Å². The zero-order chi connectivity index (χ0) is 19.1. The Labute approximate surface area is 160 Å². The van der Waals surface area contributed by atoms with Crippen molar-refractivity contribution in [2.24, 2.45) is 0 Å². The first kappa shape index (κ1) is 18.5. The van der Waals surface area contributed by atoms with Gasteiger partial charge in [-0.25, -0.2) is 0 Å². The number of nitrogens with one attached hydrogen (secondary N) is 1. The van der Waals surface area contributed by atoms with Crippen LogP contribution in [0.4, 0.5) is 0 Å². The predicted octanol–water partition coefficient (Wildman–Crippen LogP) is 5.11. The highest BCUT2D eigenvalue weighted by Crippen LogP contribution is 2.26. The molecular weight excluding hydrogens is 334 g/mol. The van der Waals surface area contributed by atoms with E-state index in [1.54, 1.807) is 7.11 Å². The van der Waals surface area contributed by atoms with Gasteiger partial charge in [-0.1, -0.05) is 78.9 Å². The Balaban J connectivity index is 1.91. The maximum Gasteiger partial charge on any atom is 0.252 e. The first-order valence-corrected chi connectivity index (χ1v) is 8.95. The number of hydrogen-bond acceptors (Lipinski definition) is 2. The van der Waals surface area contributed by atoms with Gasteiger partial charge in [0.15, 0.2) is 0 Å². The Hall–Kier alpha value is -3.33. The first-order valence-electron chi connectivity index (χ1n) is 8.95. The average molecular weight is 357 g/mol. The van der Waals surface area contributed by atoms with Crippen LogP contribution < -0.4 is 10.1 Å². The van der Waals surface area contributed by atoms with Gasteiger partial charge in [0.25, 0.3) is 5.91 Å². The zero-order valence-electron chi connectivity index (χ0n) is 15.6. The fourth-order valence-corrected chi connectivity index (χ4v) is 2.99. The fourth-order valence-electron chi connectivity index (χ4n) is 2.99. The van der Waals surface area contributed by atoms with E-state index in [1.807, 2.05) is 97.9 Å². The smallest absolute Gasteiger partial charge is 0.252 e. The molecule has 0 saturated carbocycles. The summed E-state index contributed by atoms with van der Waals surface area (Å²) in [7, 11) is 1.64. The number of benzene rings is 3. The van der Waals surface area contributed by atoms with Crippen molar-refractivity contribution in [2.75, 3.05) is 7.11 Å². The van der Waals surface area contributed by atoms with Crippen LogP contribution in [0.1, 0.15) is 29.7 Å². The lowest BCUT2D eigenvalue weighted by atomic mass is 10.0. The van der Waals surface area contributed by atoms with E-state index in [2.05, 4.69) is 5.32 Å². The van der Waals surface area contributed by atoms with Crippen molar-refractivity contribution in [3.8, 4) is 5.75 Å². The molecule has 3 heteroatoms. The van der Waals surface area contributed by atoms with Crippen molar-refractivity contribution in [2.45, 2.75) is 13.0 Å². The Kier molecular flexibility index (Phi) is 6.06. The van der Waals surface area contributed by atoms with Crippen LogP contribution in [-0.4, -0.2) is 13.0 Å². The lowest BCUT2D eigenvalue weighted by Gasteiger charge is -2.18. The molecule has 0 saturated heterocycles. The summed E-state index contributed by atoms with van der Waals surface area (Å²) in [6.45, 7) is 1.96. The predicted molar refractivity (Wildman–Crippen MR) is 110 cm³/mol. The first-order chi connectivity index (χ1) is 13.2. The van der Waals surface area contributed by atoms with Crippen LogP contribution in [0, 0.1) is 0 Å². The van der Waals surface area contributed by atoms with Crippen LogP contribution in [-0.2, 0) is 4.79 Å². The van der Waals surface area contributed by atoms with Gasteiger partial charge < -0.3 is 10.1 Å². The molecule has 27 heavy (non-hydrogen) atoms. The van der Waals surface area contributed by atoms with Crippen LogP contribution in [0.2, 0.25) is 0 Å². The van der Waals surface area contributed by atoms with E-state index in [-0.39, 0.29) is 11.9 Å². The van der Waals surface area contributed by atoms with Gasteiger partial charge in [0.2, 0.25) is 0 Å². The third kappa shape index (κ3) is 4.64. The van der Waals surface area contributed by atoms with Gasteiger partial charge in [0.1, 0.15) is 5.75 Å². The maximum absolute atomic E-state index is 13.1. The number of carbonyl (C=O) groups excluding carboxylic acids is 1. The molecule has 0 aliphatic rings. The summed E-state index contributed by atoms with van der Waals surface area (Å²) in [5, 5.41) is 3.10. The molecule has 0 spiro atoms. The van der Waals surface area contributed by atoms with Crippen LogP contribution in [0.15, 0.2) is 84.9 Å². The van der Waals surface area contributed by atoms with E-state index in [1.165, 1.54) is 0 Å². The van der Waals surface area contributed by atoms with Crippen LogP contribution >= 0.6 is 0 Å². The highest BCUT2D eigenvalue weighted by atomic mass is 16.5. The minimum atomic E-state index is -0.184. The normalized spacial score (nSPS) is 12.3. The van der Waals surface area contributed by atoms with Gasteiger partial charge in [-0.15, -0.1) is 0 Å². The number of amides is 1. The van der Waals surface area contributed by atoms with E-state index in [4.69, 9.17) is 4.74 Å². The average Bonchev–Trinajstić information content (AvgIpc) is 2.73. The zero-order valence-corrected chi connectivity index (χ0v) is 15.6. The number of rotatable bonds is 6. The summed E-state index contributed by atoms with van der Waals surface area (Å²) >= 11 is 0. The Bertz CT molecular complexity index is 917. The SMILES string of the molecule is COc1ccccc1[C@H](C)NC(=O)/C(=C/c1ccccc1)c1ccccc1. The van der Waals surface area contributed by atoms with Crippen molar-refractivity contribution in [1.29, 1.82) is 0 Å². The second kappa shape index (κ2) is 8.86. The molecule has 0 radical (unpaired) electrons. The van der Waals surface area contributed by atoms with Crippen molar-refractivity contribution in [3.05, 3.63) is 102 Å². The van der Waals surface area contributed by atoms with E-state index in [9.17, 15) is 4.79 Å². The molecule has 0 aromatic heterocycles. The van der Waals surface area contributed by atoms with E-state index >= 15 is 0 Å². The van der Waals surface area contributed by atoms with E-state index in [0.29, 0.717) is 5.57 Å². The molecule has 3 nitrogen and oxygen atoms in total. The second-order valence-corrected chi connectivity index (χ2v) is 6.27. The molecule has 1 amide bonds. The highest BCUT2D eigenvalue weighted by molar-refractivity contribution is 6.24. The van der Waals surface area contributed by atoms with Crippen molar-refractivity contribution in [1.82, 2.24) is 5.32 Å².